The van der Waals surface area contributed by atoms with Crippen molar-refractivity contribution in [1.82, 2.24) is 14.7 Å². The summed E-state index contributed by atoms with van der Waals surface area (Å²) in [5, 5.41) is 0. The van der Waals surface area contributed by atoms with E-state index in [0.717, 1.165) is 43.7 Å². The van der Waals surface area contributed by atoms with Crippen molar-refractivity contribution in [3.63, 3.8) is 0 Å². The molecule has 1 atom stereocenters. The van der Waals surface area contributed by atoms with E-state index in [9.17, 15) is 18.8 Å². The molecule has 3 aliphatic rings. The summed E-state index contributed by atoms with van der Waals surface area (Å²) >= 11 is 0. The Morgan fingerprint density at radius 1 is 0.889 bits per heavy atom. The summed E-state index contributed by atoms with van der Waals surface area (Å²) in [6.45, 7) is 9.06. The molecule has 2 aromatic rings. The van der Waals surface area contributed by atoms with Crippen molar-refractivity contribution < 1.29 is 23.5 Å². The Bertz CT molecular complexity index is 1400. The standard InChI is InChI=1S/C36H49FN4O4/c1-6-36(2,3)35(44)39(5)29-21-27(20-28(37)23-29)34(43)41-18-16-40(17-19-41)33(42)26-12-13-32(45-30-14-15-38(4)24-30)31(22-26)25-10-8-7-9-11-25/h12-13,20-23,25,30H,6-11,14-19,24H2,1-5H3/t30-/m0/s1. The fourth-order valence-electron chi connectivity index (χ4n) is 6.78. The van der Waals surface area contributed by atoms with Crippen molar-refractivity contribution in [2.75, 3.05) is 58.3 Å². The highest BCUT2D eigenvalue weighted by atomic mass is 19.1. The summed E-state index contributed by atoms with van der Waals surface area (Å²) in [4.78, 5) is 47.3. The molecule has 2 heterocycles. The van der Waals surface area contributed by atoms with Crippen molar-refractivity contribution in [3.8, 4) is 5.75 Å². The highest BCUT2D eigenvalue weighted by molar-refractivity contribution is 6.00. The molecule has 1 saturated carbocycles. The monoisotopic (exact) mass is 620 g/mol. The first-order chi connectivity index (χ1) is 21.5. The SMILES string of the molecule is CCC(C)(C)C(=O)N(C)c1cc(F)cc(C(=O)N2CCN(C(=O)c3ccc(O[C@H]4CCN(C)C4)c(C4CCCCC4)c3)CC2)c1. The maximum absolute atomic E-state index is 14.7. The summed E-state index contributed by atoms with van der Waals surface area (Å²) in [6, 6.07) is 9.99. The number of hydrogen-bond acceptors (Lipinski definition) is 5. The molecule has 2 saturated heterocycles. The average molecular weight is 621 g/mol. The van der Waals surface area contributed by atoms with Gasteiger partial charge in [-0.25, -0.2) is 4.39 Å². The van der Waals surface area contributed by atoms with E-state index in [1.54, 1.807) is 22.9 Å². The quantitative estimate of drug-likeness (QED) is 0.365. The number of anilines is 1. The first-order valence-electron chi connectivity index (χ1n) is 16.6. The minimum atomic E-state index is -0.606. The number of halogens is 1. The van der Waals surface area contributed by atoms with Gasteiger partial charge in [-0.3, -0.25) is 14.4 Å². The molecule has 0 N–H and O–H groups in total. The molecule has 5 rings (SSSR count). The molecule has 0 spiro atoms. The predicted octanol–water partition coefficient (Wildman–Crippen LogP) is 5.95. The van der Waals surface area contributed by atoms with Crippen LogP contribution >= 0.6 is 0 Å². The third kappa shape index (κ3) is 7.51. The molecule has 3 amide bonds. The Morgan fingerprint density at radius 3 is 2.13 bits per heavy atom. The summed E-state index contributed by atoms with van der Waals surface area (Å²) < 4.78 is 21.2. The number of hydrogen-bond donors (Lipinski definition) is 0. The van der Waals surface area contributed by atoms with Gasteiger partial charge in [-0.15, -0.1) is 0 Å². The van der Waals surface area contributed by atoms with E-state index in [-0.39, 0.29) is 29.4 Å². The molecule has 2 aromatic carbocycles. The van der Waals surface area contributed by atoms with Crippen LogP contribution in [0, 0.1) is 11.2 Å². The molecule has 0 aromatic heterocycles. The molecule has 9 heteroatoms. The van der Waals surface area contributed by atoms with E-state index >= 15 is 0 Å². The topological polar surface area (TPSA) is 73.4 Å². The second kappa shape index (κ2) is 13.9. The van der Waals surface area contributed by atoms with E-state index in [2.05, 4.69) is 18.0 Å². The summed E-state index contributed by atoms with van der Waals surface area (Å²) in [7, 11) is 3.73. The van der Waals surface area contributed by atoms with Gasteiger partial charge in [-0.05, 0) is 80.6 Å². The number of ether oxygens (including phenoxy) is 1. The summed E-state index contributed by atoms with van der Waals surface area (Å²) in [6.07, 6.45) is 7.68. The number of benzene rings is 2. The zero-order valence-corrected chi connectivity index (χ0v) is 27.6. The van der Waals surface area contributed by atoms with Gasteiger partial charge in [0.25, 0.3) is 11.8 Å². The van der Waals surface area contributed by atoms with Crippen LogP contribution in [0.15, 0.2) is 36.4 Å². The van der Waals surface area contributed by atoms with Crippen LogP contribution in [-0.2, 0) is 4.79 Å². The van der Waals surface area contributed by atoms with Crippen LogP contribution in [0.3, 0.4) is 0 Å². The minimum absolute atomic E-state index is 0.0435. The van der Waals surface area contributed by atoms with Gasteiger partial charge in [0, 0.05) is 68.5 Å². The maximum atomic E-state index is 14.7. The van der Waals surface area contributed by atoms with Crippen LogP contribution in [0.5, 0.6) is 5.75 Å². The molecule has 0 bridgehead atoms. The van der Waals surface area contributed by atoms with Gasteiger partial charge < -0.3 is 24.3 Å². The van der Waals surface area contributed by atoms with Crippen molar-refractivity contribution in [1.29, 1.82) is 0 Å². The molecule has 2 aliphatic heterocycles. The maximum Gasteiger partial charge on any atom is 0.254 e. The van der Waals surface area contributed by atoms with Crippen molar-refractivity contribution >= 4 is 23.4 Å². The Balaban J connectivity index is 1.26. The molecule has 0 radical (unpaired) electrons. The zero-order chi connectivity index (χ0) is 32.3. The van der Waals surface area contributed by atoms with E-state index in [1.807, 2.05) is 32.9 Å². The summed E-state index contributed by atoms with van der Waals surface area (Å²) in [5.41, 5.74) is 1.74. The molecule has 8 nitrogen and oxygen atoms in total. The lowest BCUT2D eigenvalue weighted by Gasteiger charge is -2.35. The second-order valence-electron chi connectivity index (χ2n) is 13.8. The number of nitrogens with zero attached hydrogens (tertiary/aromatic N) is 4. The van der Waals surface area contributed by atoms with E-state index in [4.69, 9.17) is 4.74 Å². The Hall–Kier alpha value is -3.46. The number of carbonyl (C=O) groups excluding carboxylic acids is 3. The van der Waals surface area contributed by atoms with Gasteiger partial charge >= 0.3 is 0 Å². The van der Waals surface area contributed by atoms with Crippen LogP contribution in [0.1, 0.15) is 97.9 Å². The second-order valence-corrected chi connectivity index (χ2v) is 13.8. The fraction of sp³-hybridized carbons (Fsp3) is 0.583. The highest BCUT2D eigenvalue weighted by Gasteiger charge is 2.31. The highest BCUT2D eigenvalue weighted by Crippen LogP contribution is 2.39. The molecular weight excluding hydrogens is 571 g/mol. The van der Waals surface area contributed by atoms with Gasteiger partial charge in [0.2, 0.25) is 5.91 Å². The molecule has 244 valence electrons. The number of piperazine rings is 1. The third-order valence-electron chi connectivity index (χ3n) is 10.1. The van der Waals surface area contributed by atoms with E-state index < -0.39 is 11.2 Å². The molecular formula is C36H49FN4O4. The third-order valence-corrected chi connectivity index (χ3v) is 10.1. The van der Waals surface area contributed by atoms with Crippen LogP contribution in [0.4, 0.5) is 10.1 Å². The number of likely N-dealkylation sites (tertiary alicyclic amines) is 1. The normalized spacial score (nSPS) is 19.9. The number of carbonyl (C=O) groups is 3. The van der Waals surface area contributed by atoms with Crippen molar-refractivity contribution in [2.45, 2.75) is 77.7 Å². The van der Waals surface area contributed by atoms with E-state index in [0.29, 0.717) is 49.8 Å². The number of amides is 3. The smallest absolute Gasteiger partial charge is 0.254 e. The van der Waals surface area contributed by atoms with Gasteiger partial charge in [-0.1, -0.05) is 40.0 Å². The molecule has 1 aliphatic carbocycles. The molecule has 3 fully saturated rings. The molecule has 45 heavy (non-hydrogen) atoms. The Labute approximate surface area is 267 Å². The largest absolute Gasteiger partial charge is 0.489 e. The van der Waals surface area contributed by atoms with Crippen LogP contribution < -0.4 is 9.64 Å². The Morgan fingerprint density at radius 2 is 1.53 bits per heavy atom. The van der Waals surface area contributed by atoms with Crippen LogP contribution in [0.2, 0.25) is 0 Å². The lowest BCUT2D eigenvalue weighted by Crippen LogP contribution is -2.50. The Kier molecular flexibility index (Phi) is 10.2. The van der Waals surface area contributed by atoms with Gasteiger partial charge in [0.1, 0.15) is 17.7 Å². The van der Waals surface area contributed by atoms with Gasteiger partial charge in [-0.2, -0.15) is 0 Å². The summed E-state index contributed by atoms with van der Waals surface area (Å²) in [5.74, 6) is 0.247. The van der Waals surface area contributed by atoms with Crippen LogP contribution in [-0.4, -0.2) is 91.9 Å². The van der Waals surface area contributed by atoms with E-state index in [1.165, 1.54) is 36.3 Å². The van der Waals surface area contributed by atoms with Crippen molar-refractivity contribution in [2.24, 2.45) is 5.41 Å². The minimum Gasteiger partial charge on any atom is -0.489 e. The number of likely N-dealkylation sites (N-methyl/N-ethyl adjacent to an activating group) is 1. The van der Waals surface area contributed by atoms with Gasteiger partial charge in [0.05, 0.1) is 0 Å². The predicted molar refractivity (Wildman–Crippen MR) is 174 cm³/mol. The fourth-order valence-corrected chi connectivity index (χ4v) is 6.78. The first-order valence-corrected chi connectivity index (χ1v) is 16.6. The lowest BCUT2D eigenvalue weighted by molar-refractivity contribution is -0.126. The van der Waals surface area contributed by atoms with Gasteiger partial charge in [0.15, 0.2) is 0 Å². The average Bonchev–Trinajstić information content (AvgIpc) is 3.47. The first kappa shape index (κ1) is 32.9. The van der Waals surface area contributed by atoms with Crippen LogP contribution in [0.25, 0.3) is 0 Å². The number of rotatable bonds is 8. The van der Waals surface area contributed by atoms with Crippen molar-refractivity contribution in [3.05, 3.63) is 58.9 Å². The lowest BCUT2D eigenvalue weighted by atomic mass is 9.83. The molecule has 0 unspecified atom stereocenters. The zero-order valence-electron chi connectivity index (χ0n) is 27.6.